The molecule has 1 aromatic carbocycles. The molecule has 103 valence electrons. The summed E-state index contributed by atoms with van der Waals surface area (Å²) < 4.78 is 1.75. The van der Waals surface area contributed by atoms with Crippen LogP contribution >= 0.6 is 0 Å². The minimum Gasteiger partial charge on any atom is -0.284 e. The Morgan fingerprint density at radius 1 is 1.05 bits per heavy atom. The first-order valence-electron chi connectivity index (χ1n) is 6.72. The molecular formula is C17H10N5. The summed E-state index contributed by atoms with van der Waals surface area (Å²) in [6.07, 6.45) is 5.14. The maximum absolute atomic E-state index is 4.62. The van der Waals surface area contributed by atoms with Crippen molar-refractivity contribution in [2.75, 3.05) is 0 Å². The predicted octanol–water partition coefficient (Wildman–Crippen LogP) is 2.32. The van der Waals surface area contributed by atoms with Gasteiger partial charge >= 0.3 is 0 Å². The molecule has 5 heteroatoms. The van der Waals surface area contributed by atoms with E-state index in [1.165, 1.54) is 0 Å². The highest BCUT2D eigenvalue weighted by Crippen LogP contribution is 2.16. The van der Waals surface area contributed by atoms with E-state index in [1.807, 2.05) is 36.4 Å². The van der Waals surface area contributed by atoms with Crippen LogP contribution in [0.15, 0.2) is 55.0 Å². The van der Waals surface area contributed by atoms with Gasteiger partial charge in [0.25, 0.3) is 0 Å². The molecule has 0 aliphatic heterocycles. The van der Waals surface area contributed by atoms with E-state index in [-0.39, 0.29) is 0 Å². The average Bonchev–Trinajstić information content (AvgIpc) is 3.23. The molecule has 1 radical (unpaired) electrons. The van der Waals surface area contributed by atoms with Crippen molar-refractivity contribution in [1.29, 1.82) is 0 Å². The van der Waals surface area contributed by atoms with E-state index >= 15 is 0 Å². The lowest BCUT2D eigenvalue weighted by atomic mass is 10.1. The van der Waals surface area contributed by atoms with Crippen LogP contribution in [0.5, 0.6) is 0 Å². The second-order valence-corrected chi connectivity index (χ2v) is 4.66. The van der Waals surface area contributed by atoms with Gasteiger partial charge in [0.15, 0.2) is 5.65 Å². The smallest absolute Gasteiger partial charge is 0.154 e. The van der Waals surface area contributed by atoms with E-state index in [0.717, 1.165) is 28.2 Å². The fourth-order valence-corrected chi connectivity index (χ4v) is 2.13. The summed E-state index contributed by atoms with van der Waals surface area (Å²) in [6.45, 7) is 0. The standard InChI is InChI=1S/C17H10N5/c1-2-4-14(5-3-1)16-8-9-17-18-12-15(22(17)21-16)7-6-13-10-19-20-11-13/h2-5,8-12H,(H,19,20). The van der Waals surface area contributed by atoms with Gasteiger partial charge in [0, 0.05) is 11.8 Å². The van der Waals surface area contributed by atoms with Crippen molar-refractivity contribution in [3.63, 3.8) is 0 Å². The summed E-state index contributed by atoms with van der Waals surface area (Å²) in [7, 11) is 0. The topological polar surface area (TPSA) is 58.9 Å². The van der Waals surface area contributed by atoms with Crippen molar-refractivity contribution in [3.05, 3.63) is 72.3 Å². The highest BCUT2D eigenvalue weighted by molar-refractivity contribution is 5.60. The fraction of sp³-hybridized carbons (Fsp3) is 0. The zero-order chi connectivity index (χ0) is 14.8. The summed E-state index contributed by atoms with van der Waals surface area (Å²) in [4.78, 5) is 4.32. The number of nitrogens with one attached hydrogen (secondary N) is 1. The summed E-state index contributed by atoms with van der Waals surface area (Å²) in [5, 5.41) is 11.2. The molecule has 22 heavy (non-hydrogen) atoms. The summed E-state index contributed by atoms with van der Waals surface area (Å²) in [5.74, 6) is 6.10. The van der Waals surface area contributed by atoms with Crippen molar-refractivity contribution in [2.24, 2.45) is 0 Å². The predicted molar refractivity (Wildman–Crippen MR) is 81.8 cm³/mol. The molecule has 0 fully saturated rings. The fourth-order valence-electron chi connectivity index (χ4n) is 2.13. The van der Waals surface area contributed by atoms with Crippen LogP contribution in [-0.4, -0.2) is 24.8 Å². The third kappa shape index (κ3) is 2.23. The maximum atomic E-state index is 4.62. The van der Waals surface area contributed by atoms with Crippen LogP contribution in [0.25, 0.3) is 16.9 Å². The molecule has 0 aliphatic carbocycles. The first kappa shape index (κ1) is 12.4. The molecule has 0 saturated heterocycles. The minimum atomic E-state index is 0.737. The molecule has 4 rings (SSSR count). The number of rotatable bonds is 1. The van der Waals surface area contributed by atoms with Crippen molar-refractivity contribution in [3.8, 4) is 23.1 Å². The number of aromatic amines is 1. The highest BCUT2D eigenvalue weighted by atomic mass is 15.3. The van der Waals surface area contributed by atoms with Crippen LogP contribution in [0.1, 0.15) is 11.3 Å². The molecule has 3 aromatic heterocycles. The van der Waals surface area contributed by atoms with Gasteiger partial charge in [-0.1, -0.05) is 30.2 Å². The molecule has 5 nitrogen and oxygen atoms in total. The van der Waals surface area contributed by atoms with Gasteiger partial charge in [-0.05, 0) is 24.1 Å². The third-order valence-corrected chi connectivity index (χ3v) is 3.21. The van der Waals surface area contributed by atoms with Crippen LogP contribution < -0.4 is 0 Å². The van der Waals surface area contributed by atoms with Crippen LogP contribution in [0.2, 0.25) is 0 Å². The SMILES string of the molecule is C(#Cc1cnc2ccc(-c3cc[c]cc3)nn12)c1cn[nH]c1. The van der Waals surface area contributed by atoms with Crippen LogP contribution in [-0.2, 0) is 0 Å². The van der Waals surface area contributed by atoms with Crippen LogP contribution in [0, 0.1) is 17.9 Å². The van der Waals surface area contributed by atoms with E-state index in [9.17, 15) is 0 Å². The number of hydrogen-bond donors (Lipinski definition) is 1. The number of benzene rings is 1. The normalized spacial score (nSPS) is 10.4. The number of hydrogen-bond acceptors (Lipinski definition) is 3. The van der Waals surface area contributed by atoms with Crippen molar-refractivity contribution in [1.82, 2.24) is 24.8 Å². The molecule has 0 bridgehead atoms. The minimum absolute atomic E-state index is 0.737. The lowest BCUT2D eigenvalue weighted by molar-refractivity contribution is 0.930. The van der Waals surface area contributed by atoms with Gasteiger partial charge in [-0.25, -0.2) is 9.50 Å². The molecule has 0 saturated carbocycles. The Hall–Kier alpha value is -3.39. The van der Waals surface area contributed by atoms with E-state index in [4.69, 9.17) is 0 Å². The number of H-pyrrole nitrogens is 1. The van der Waals surface area contributed by atoms with Gasteiger partial charge in [0.2, 0.25) is 0 Å². The van der Waals surface area contributed by atoms with Gasteiger partial charge in [0.05, 0.1) is 23.7 Å². The number of imidazole rings is 1. The van der Waals surface area contributed by atoms with Crippen LogP contribution in [0.4, 0.5) is 0 Å². The summed E-state index contributed by atoms with van der Waals surface area (Å²) in [5.41, 5.74) is 4.22. The molecule has 1 N–H and O–H groups in total. The Morgan fingerprint density at radius 3 is 2.77 bits per heavy atom. The van der Waals surface area contributed by atoms with Gasteiger partial charge in [0.1, 0.15) is 5.69 Å². The molecule has 0 unspecified atom stereocenters. The number of nitrogens with zero attached hydrogens (tertiary/aromatic N) is 4. The molecule has 0 aliphatic rings. The second kappa shape index (κ2) is 5.19. The Labute approximate surface area is 126 Å². The van der Waals surface area contributed by atoms with Gasteiger partial charge in [-0.2, -0.15) is 10.2 Å². The van der Waals surface area contributed by atoms with E-state index in [2.05, 4.69) is 38.2 Å². The number of aromatic nitrogens is 5. The van der Waals surface area contributed by atoms with Gasteiger partial charge in [-0.15, -0.1) is 0 Å². The molecule has 4 aromatic rings. The monoisotopic (exact) mass is 284 g/mol. The number of fused-ring (bicyclic) bond motifs is 1. The first-order valence-corrected chi connectivity index (χ1v) is 6.72. The zero-order valence-electron chi connectivity index (χ0n) is 11.5. The Kier molecular flexibility index (Phi) is 2.91. The van der Waals surface area contributed by atoms with E-state index in [1.54, 1.807) is 23.1 Å². The maximum Gasteiger partial charge on any atom is 0.154 e. The summed E-state index contributed by atoms with van der Waals surface area (Å²) in [6, 6.07) is 14.6. The first-order chi connectivity index (χ1) is 10.9. The molecular weight excluding hydrogens is 274 g/mol. The highest BCUT2D eigenvalue weighted by Gasteiger charge is 2.05. The van der Waals surface area contributed by atoms with E-state index in [0.29, 0.717) is 0 Å². The quantitative estimate of drug-likeness (QED) is 0.546. The Morgan fingerprint density at radius 2 is 1.95 bits per heavy atom. The summed E-state index contributed by atoms with van der Waals surface area (Å²) >= 11 is 0. The van der Waals surface area contributed by atoms with Crippen molar-refractivity contribution >= 4 is 5.65 Å². The molecule has 0 amide bonds. The van der Waals surface area contributed by atoms with Crippen molar-refractivity contribution < 1.29 is 0 Å². The molecule has 3 heterocycles. The molecule has 0 atom stereocenters. The lowest BCUT2D eigenvalue weighted by Crippen LogP contribution is -1.96. The zero-order valence-corrected chi connectivity index (χ0v) is 11.5. The lowest BCUT2D eigenvalue weighted by Gasteiger charge is -2.01. The third-order valence-electron chi connectivity index (χ3n) is 3.21. The largest absolute Gasteiger partial charge is 0.284 e. The van der Waals surface area contributed by atoms with Gasteiger partial charge < -0.3 is 0 Å². The Bertz CT molecular complexity index is 972. The molecule has 0 spiro atoms. The average molecular weight is 284 g/mol. The Balaban J connectivity index is 1.80. The van der Waals surface area contributed by atoms with E-state index < -0.39 is 0 Å². The van der Waals surface area contributed by atoms with Gasteiger partial charge in [-0.3, -0.25) is 5.10 Å². The van der Waals surface area contributed by atoms with Crippen LogP contribution in [0.3, 0.4) is 0 Å². The van der Waals surface area contributed by atoms with Crippen molar-refractivity contribution in [2.45, 2.75) is 0 Å². The second-order valence-electron chi connectivity index (χ2n) is 4.66.